The molecule has 0 spiro atoms. The molecule has 1 rings (SSSR count). The summed E-state index contributed by atoms with van der Waals surface area (Å²) in [5, 5.41) is 17.6. The van der Waals surface area contributed by atoms with Crippen LogP contribution in [0.5, 0.6) is 0 Å². The quantitative estimate of drug-likeness (QED) is 0.713. The molecule has 0 bridgehead atoms. The third-order valence-corrected chi connectivity index (χ3v) is 2.40. The molecular formula is C10H16N2O2. The van der Waals surface area contributed by atoms with Gasteiger partial charge in [-0.1, -0.05) is 0 Å². The van der Waals surface area contributed by atoms with Crippen LogP contribution in [0.1, 0.15) is 26.7 Å². The van der Waals surface area contributed by atoms with Gasteiger partial charge < -0.3 is 10.0 Å². The number of rotatable bonds is 4. The Hall–Kier alpha value is -1.08. The number of hydrogen-bond acceptors (Lipinski definition) is 3. The molecule has 0 unspecified atom stereocenters. The molecule has 0 aromatic rings. The number of aliphatic hydroxyl groups excluding tert-OH is 1. The minimum atomic E-state index is -0.974. The lowest BCUT2D eigenvalue weighted by atomic mass is 9.93. The molecule has 0 aromatic heterocycles. The maximum Gasteiger partial charge on any atom is 0.242 e. The Morgan fingerprint density at radius 3 is 2.57 bits per heavy atom. The minimum absolute atomic E-state index is 0.0379. The number of hydrogen-bond donors (Lipinski definition) is 1. The number of nitriles is 1. The van der Waals surface area contributed by atoms with Crippen molar-refractivity contribution >= 4 is 5.91 Å². The average molecular weight is 196 g/mol. The third kappa shape index (κ3) is 2.24. The largest absolute Gasteiger partial charge is 0.395 e. The molecule has 0 aliphatic heterocycles. The molecule has 14 heavy (non-hydrogen) atoms. The van der Waals surface area contributed by atoms with E-state index in [-0.39, 0.29) is 18.6 Å². The van der Waals surface area contributed by atoms with Gasteiger partial charge in [-0.15, -0.1) is 0 Å². The van der Waals surface area contributed by atoms with E-state index >= 15 is 0 Å². The number of aliphatic hydroxyl groups is 1. The lowest BCUT2D eigenvalue weighted by molar-refractivity contribution is -0.138. The summed E-state index contributed by atoms with van der Waals surface area (Å²) >= 11 is 0. The molecule has 0 heterocycles. The molecule has 4 heteroatoms. The summed E-state index contributed by atoms with van der Waals surface area (Å²) in [7, 11) is 0. The highest BCUT2D eigenvalue weighted by Crippen LogP contribution is 2.30. The maximum absolute atomic E-state index is 11.9. The fourth-order valence-electron chi connectivity index (χ4n) is 1.35. The molecular weight excluding hydrogens is 180 g/mol. The van der Waals surface area contributed by atoms with Crippen molar-refractivity contribution in [3.05, 3.63) is 0 Å². The normalized spacial score (nSPS) is 16.1. The first kappa shape index (κ1) is 11.0. The minimum Gasteiger partial charge on any atom is -0.395 e. The van der Waals surface area contributed by atoms with Crippen molar-refractivity contribution in [2.45, 2.75) is 32.7 Å². The van der Waals surface area contributed by atoms with Gasteiger partial charge in [0.15, 0.2) is 0 Å². The van der Waals surface area contributed by atoms with Crippen LogP contribution in [0.15, 0.2) is 0 Å². The number of carbonyl (C=O) groups excluding carboxylic acids is 1. The standard InChI is InChI=1S/C10H16N2O2/c1-10(2,7-11)9(14)12(5-6-13)8-3-4-8/h8,13H,3-6H2,1-2H3. The SMILES string of the molecule is CC(C)(C#N)C(=O)N(CCO)C1CC1. The Labute approximate surface area is 84.1 Å². The van der Waals surface area contributed by atoms with E-state index in [1.54, 1.807) is 18.7 Å². The molecule has 1 aliphatic rings. The van der Waals surface area contributed by atoms with Gasteiger partial charge in [0.2, 0.25) is 5.91 Å². The third-order valence-electron chi connectivity index (χ3n) is 2.40. The molecule has 78 valence electrons. The van der Waals surface area contributed by atoms with Crippen LogP contribution in [0.25, 0.3) is 0 Å². The van der Waals surface area contributed by atoms with Crippen molar-refractivity contribution in [2.24, 2.45) is 5.41 Å². The zero-order valence-corrected chi connectivity index (χ0v) is 8.66. The fourth-order valence-corrected chi connectivity index (χ4v) is 1.35. The Bertz CT molecular complexity index is 264. The highest BCUT2D eigenvalue weighted by molar-refractivity contribution is 5.85. The van der Waals surface area contributed by atoms with Crippen LogP contribution < -0.4 is 0 Å². The van der Waals surface area contributed by atoms with Crippen molar-refractivity contribution in [2.75, 3.05) is 13.2 Å². The first-order valence-electron chi connectivity index (χ1n) is 4.86. The molecule has 0 atom stereocenters. The average Bonchev–Trinajstić information content (AvgIpc) is 2.96. The van der Waals surface area contributed by atoms with Crippen molar-refractivity contribution in [3.8, 4) is 6.07 Å². The van der Waals surface area contributed by atoms with Gasteiger partial charge in [-0.2, -0.15) is 5.26 Å². The van der Waals surface area contributed by atoms with Gasteiger partial charge >= 0.3 is 0 Å². The van der Waals surface area contributed by atoms with Gasteiger partial charge in [-0.3, -0.25) is 4.79 Å². The Morgan fingerprint density at radius 2 is 2.21 bits per heavy atom. The van der Waals surface area contributed by atoms with E-state index in [1.807, 2.05) is 6.07 Å². The zero-order valence-electron chi connectivity index (χ0n) is 8.66. The van der Waals surface area contributed by atoms with Crippen LogP contribution >= 0.6 is 0 Å². The Balaban J connectivity index is 2.68. The Kier molecular flexibility index (Phi) is 3.12. The molecule has 1 N–H and O–H groups in total. The van der Waals surface area contributed by atoms with Crippen molar-refractivity contribution in [3.63, 3.8) is 0 Å². The maximum atomic E-state index is 11.9. The van der Waals surface area contributed by atoms with Gasteiger partial charge in [0.05, 0.1) is 12.7 Å². The molecule has 0 saturated heterocycles. The predicted molar refractivity (Wildman–Crippen MR) is 51.2 cm³/mol. The topological polar surface area (TPSA) is 64.3 Å². The van der Waals surface area contributed by atoms with E-state index in [9.17, 15) is 4.79 Å². The summed E-state index contributed by atoms with van der Waals surface area (Å²) in [6.45, 7) is 3.53. The van der Waals surface area contributed by atoms with Crippen LogP contribution in [-0.4, -0.2) is 35.1 Å². The molecule has 1 amide bonds. The van der Waals surface area contributed by atoms with E-state index in [0.29, 0.717) is 6.54 Å². The lowest BCUT2D eigenvalue weighted by Gasteiger charge is -2.27. The van der Waals surface area contributed by atoms with E-state index in [4.69, 9.17) is 10.4 Å². The second kappa shape index (κ2) is 3.97. The lowest BCUT2D eigenvalue weighted by Crippen LogP contribution is -2.43. The molecule has 4 nitrogen and oxygen atoms in total. The van der Waals surface area contributed by atoms with E-state index in [2.05, 4.69) is 0 Å². The van der Waals surface area contributed by atoms with Crippen LogP contribution in [0.3, 0.4) is 0 Å². The smallest absolute Gasteiger partial charge is 0.242 e. The summed E-state index contributed by atoms with van der Waals surface area (Å²) in [4.78, 5) is 13.5. The summed E-state index contributed by atoms with van der Waals surface area (Å²) < 4.78 is 0. The van der Waals surface area contributed by atoms with Gasteiger partial charge in [-0.25, -0.2) is 0 Å². The van der Waals surface area contributed by atoms with E-state index in [1.165, 1.54) is 0 Å². The number of carbonyl (C=O) groups is 1. The van der Waals surface area contributed by atoms with Gasteiger partial charge in [0.1, 0.15) is 5.41 Å². The van der Waals surface area contributed by atoms with Gasteiger partial charge in [-0.05, 0) is 26.7 Å². The number of amides is 1. The summed E-state index contributed by atoms with van der Waals surface area (Å²) in [5.74, 6) is -0.170. The summed E-state index contributed by atoms with van der Waals surface area (Å²) in [6.07, 6.45) is 1.99. The number of nitrogens with zero attached hydrogens (tertiary/aromatic N) is 2. The van der Waals surface area contributed by atoms with Crippen molar-refractivity contribution in [1.82, 2.24) is 4.90 Å². The second-order valence-corrected chi connectivity index (χ2v) is 4.19. The predicted octanol–water partition coefficient (Wildman–Crippen LogP) is 0.519. The fraction of sp³-hybridized carbons (Fsp3) is 0.800. The van der Waals surface area contributed by atoms with Crippen LogP contribution in [-0.2, 0) is 4.79 Å². The summed E-state index contributed by atoms with van der Waals surface area (Å²) in [5.41, 5.74) is -0.974. The monoisotopic (exact) mass is 196 g/mol. The van der Waals surface area contributed by atoms with Gasteiger partial charge in [0, 0.05) is 12.6 Å². The Morgan fingerprint density at radius 1 is 1.64 bits per heavy atom. The highest BCUT2D eigenvalue weighted by Gasteiger charge is 2.39. The first-order valence-corrected chi connectivity index (χ1v) is 4.86. The van der Waals surface area contributed by atoms with E-state index in [0.717, 1.165) is 12.8 Å². The highest BCUT2D eigenvalue weighted by atomic mass is 16.3. The first-order chi connectivity index (χ1) is 6.53. The molecule has 1 saturated carbocycles. The van der Waals surface area contributed by atoms with Crippen molar-refractivity contribution < 1.29 is 9.90 Å². The summed E-state index contributed by atoms with van der Waals surface area (Å²) in [6, 6.07) is 2.24. The molecule has 1 fully saturated rings. The van der Waals surface area contributed by atoms with Crippen LogP contribution in [0, 0.1) is 16.7 Å². The van der Waals surface area contributed by atoms with E-state index < -0.39 is 5.41 Å². The van der Waals surface area contributed by atoms with Crippen LogP contribution in [0.2, 0.25) is 0 Å². The van der Waals surface area contributed by atoms with Crippen LogP contribution in [0.4, 0.5) is 0 Å². The second-order valence-electron chi connectivity index (χ2n) is 4.19. The van der Waals surface area contributed by atoms with Crippen molar-refractivity contribution in [1.29, 1.82) is 5.26 Å². The molecule has 1 aliphatic carbocycles. The van der Waals surface area contributed by atoms with Gasteiger partial charge in [0.25, 0.3) is 0 Å². The molecule has 0 aromatic carbocycles. The zero-order chi connectivity index (χ0) is 10.8. The molecule has 0 radical (unpaired) electrons.